The van der Waals surface area contributed by atoms with Crippen molar-refractivity contribution in [3.8, 4) is 5.88 Å². The highest BCUT2D eigenvalue weighted by Crippen LogP contribution is 2.12. The Labute approximate surface area is 89.0 Å². The van der Waals surface area contributed by atoms with E-state index in [-0.39, 0.29) is 11.7 Å². The van der Waals surface area contributed by atoms with Crippen molar-refractivity contribution in [3.63, 3.8) is 0 Å². The average Bonchev–Trinajstić information content (AvgIpc) is 2.73. The number of hydrogen-bond acceptors (Lipinski definition) is 4. The highest BCUT2D eigenvalue weighted by Gasteiger charge is 2.17. The standard InChI is InChI=1S/C10H16N2O3/c1-4-5-6-12(2)10(13)8-7-9(14-3)11-15-8/h7H,4-6H2,1-3H3. The van der Waals surface area contributed by atoms with Gasteiger partial charge in [-0.15, -0.1) is 0 Å². The molecule has 0 unspecified atom stereocenters. The summed E-state index contributed by atoms with van der Waals surface area (Å²) in [6, 6.07) is 1.49. The maximum Gasteiger partial charge on any atom is 0.292 e. The Morgan fingerprint density at radius 3 is 2.93 bits per heavy atom. The molecule has 0 N–H and O–H groups in total. The number of methoxy groups -OCH3 is 1. The second-order valence-electron chi connectivity index (χ2n) is 3.31. The van der Waals surface area contributed by atoms with E-state index >= 15 is 0 Å². The van der Waals surface area contributed by atoms with E-state index in [1.807, 2.05) is 0 Å². The Bertz CT molecular complexity index is 322. The van der Waals surface area contributed by atoms with Gasteiger partial charge in [0.1, 0.15) is 0 Å². The minimum atomic E-state index is -0.167. The van der Waals surface area contributed by atoms with Crippen LogP contribution >= 0.6 is 0 Å². The number of ether oxygens (including phenoxy) is 1. The molecule has 15 heavy (non-hydrogen) atoms. The molecule has 0 aliphatic heterocycles. The molecule has 1 heterocycles. The van der Waals surface area contributed by atoms with Gasteiger partial charge in [-0.25, -0.2) is 0 Å². The molecule has 0 fully saturated rings. The van der Waals surface area contributed by atoms with Gasteiger partial charge in [0.05, 0.1) is 13.2 Å². The first-order valence-corrected chi connectivity index (χ1v) is 4.95. The molecule has 0 aliphatic carbocycles. The molecule has 5 heteroatoms. The first-order valence-electron chi connectivity index (χ1n) is 4.95. The van der Waals surface area contributed by atoms with E-state index in [9.17, 15) is 4.79 Å². The zero-order chi connectivity index (χ0) is 11.3. The fourth-order valence-electron chi connectivity index (χ4n) is 1.14. The molecule has 0 bridgehead atoms. The van der Waals surface area contributed by atoms with E-state index in [1.165, 1.54) is 13.2 Å². The Morgan fingerprint density at radius 2 is 2.40 bits per heavy atom. The van der Waals surface area contributed by atoms with Crippen molar-refractivity contribution in [1.29, 1.82) is 0 Å². The lowest BCUT2D eigenvalue weighted by Crippen LogP contribution is -2.27. The third kappa shape index (κ3) is 2.97. The number of nitrogens with zero attached hydrogens (tertiary/aromatic N) is 2. The van der Waals surface area contributed by atoms with E-state index in [2.05, 4.69) is 12.1 Å². The van der Waals surface area contributed by atoms with Gasteiger partial charge in [0.2, 0.25) is 5.76 Å². The summed E-state index contributed by atoms with van der Waals surface area (Å²) in [6.45, 7) is 2.80. The average molecular weight is 212 g/mol. The topological polar surface area (TPSA) is 55.6 Å². The van der Waals surface area contributed by atoms with Crippen molar-refractivity contribution in [2.45, 2.75) is 19.8 Å². The first-order chi connectivity index (χ1) is 7.19. The molecule has 1 rings (SSSR count). The lowest BCUT2D eigenvalue weighted by Gasteiger charge is -2.13. The number of unbranched alkanes of at least 4 members (excludes halogenated alkanes) is 1. The van der Waals surface area contributed by atoms with Gasteiger partial charge in [-0.05, 0) is 11.6 Å². The van der Waals surface area contributed by atoms with Crippen LogP contribution in [0.4, 0.5) is 0 Å². The summed E-state index contributed by atoms with van der Waals surface area (Å²) in [5.74, 6) is 0.368. The van der Waals surface area contributed by atoms with E-state index < -0.39 is 0 Å². The summed E-state index contributed by atoms with van der Waals surface area (Å²) in [6.07, 6.45) is 2.03. The molecule has 1 aromatic rings. The molecule has 1 amide bonds. The molecule has 5 nitrogen and oxygen atoms in total. The van der Waals surface area contributed by atoms with Crippen LogP contribution < -0.4 is 4.74 Å². The molecule has 84 valence electrons. The SMILES string of the molecule is CCCCN(C)C(=O)c1cc(OC)no1. The second-order valence-corrected chi connectivity index (χ2v) is 3.31. The zero-order valence-electron chi connectivity index (χ0n) is 9.32. The van der Waals surface area contributed by atoms with Gasteiger partial charge in [0.15, 0.2) is 0 Å². The Morgan fingerprint density at radius 1 is 1.67 bits per heavy atom. The maximum absolute atomic E-state index is 11.7. The van der Waals surface area contributed by atoms with E-state index in [4.69, 9.17) is 9.26 Å². The minimum absolute atomic E-state index is 0.167. The van der Waals surface area contributed by atoms with Crippen LogP contribution in [-0.2, 0) is 0 Å². The van der Waals surface area contributed by atoms with Gasteiger partial charge < -0.3 is 14.2 Å². The maximum atomic E-state index is 11.7. The third-order valence-corrected chi connectivity index (χ3v) is 2.10. The number of hydrogen-bond donors (Lipinski definition) is 0. The molecular formula is C10H16N2O3. The van der Waals surface area contributed by atoms with Crippen LogP contribution in [0.15, 0.2) is 10.6 Å². The molecule has 1 aromatic heterocycles. The first kappa shape index (κ1) is 11.6. The third-order valence-electron chi connectivity index (χ3n) is 2.10. The van der Waals surface area contributed by atoms with Gasteiger partial charge >= 0.3 is 0 Å². The van der Waals surface area contributed by atoms with Crippen molar-refractivity contribution in [3.05, 3.63) is 11.8 Å². The van der Waals surface area contributed by atoms with Crippen molar-refractivity contribution < 1.29 is 14.1 Å². The smallest absolute Gasteiger partial charge is 0.292 e. The van der Waals surface area contributed by atoms with Gasteiger partial charge in [0.25, 0.3) is 11.8 Å². The predicted molar refractivity (Wildman–Crippen MR) is 54.9 cm³/mol. The summed E-state index contributed by atoms with van der Waals surface area (Å²) in [4.78, 5) is 13.3. The van der Waals surface area contributed by atoms with Crippen LogP contribution in [0.3, 0.4) is 0 Å². The molecular weight excluding hydrogens is 196 g/mol. The fraction of sp³-hybridized carbons (Fsp3) is 0.600. The van der Waals surface area contributed by atoms with Gasteiger partial charge in [0, 0.05) is 13.6 Å². The van der Waals surface area contributed by atoms with E-state index in [0.717, 1.165) is 19.4 Å². The normalized spacial score (nSPS) is 10.1. The molecule has 0 spiro atoms. The zero-order valence-corrected chi connectivity index (χ0v) is 9.32. The minimum Gasteiger partial charge on any atom is -0.479 e. The number of carbonyl (C=O) groups is 1. The van der Waals surface area contributed by atoms with E-state index in [0.29, 0.717) is 5.88 Å². The summed E-state index contributed by atoms with van der Waals surface area (Å²) in [5, 5.41) is 3.57. The van der Waals surface area contributed by atoms with Crippen LogP contribution in [-0.4, -0.2) is 36.7 Å². The lowest BCUT2D eigenvalue weighted by molar-refractivity contribution is 0.0751. The lowest BCUT2D eigenvalue weighted by atomic mass is 10.3. The number of carbonyl (C=O) groups excluding carboxylic acids is 1. The quantitative estimate of drug-likeness (QED) is 0.743. The highest BCUT2D eigenvalue weighted by molar-refractivity contribution is 5.91. The molecule has 0 saturated carbocycles. The van der Waals surface area contributed by atoms with Gasteiger partial charge in [-0.3, -0.25) is 4.79 Å². The van der Waals surface area contributed by atoms with Crippen molar-refractivity contribution in [2.75, 3.05) is 20.7 Å². The highest BCUT2D eigenvalue weighted by atomic mass is 16.5. The van der Waals surface area contributed by atoms with Crippen LogP contribution in [0.1, 0.15) is 30.3 Å². The fourth-order valence-corrected chi connectivity index (χ4v) is 1.14. The van der Waals surface area contributed by atoms with Crippen molar-refractivity contribution in [2.24, 2.45) is 0 Å². The summed E-state index contributed by atoms with van der Waals surface area (Å²) >= 11 is 0. The van der Waals surface area contributed by atoms with Crippen molar-refractivity contribution in [1.82, 2.24) is 10.1 Å². The van der Waals surface area contributed by atoms with Gasteiger partial charge in [-0.2, -0.15) is 0 Å². The summed E-state index contributed by atoms with van der Waals surface area (Å²) in [7, 11) is 3.22. The van der Waals surface area contributed by atoms with Crippen LogP contribution in [0.25, 0.3) is 0 Å². The molecule has 0 aliphatic rings. The Kier molecular flexibility index (Phi) is 4.15. The second kappa shape index (κ2) is 5.38. The van der Waals surface area contributed by atoms with Crippen LogP contribution in [0.2, 0.25) is 0 Å². The monoisotopic (exact) mass is 212 g/mol. The summed E-state index contributed by atoms with van der Waals surface area (Å²) in [5.41, 5.74) is 0. The summed E-state index contributed by atoms with van der Waals surface area (Å²) < 4.78 is 9.68. The number of rotatable bonds is 5. The van der Waals surface area contributed by atoms with Crippen LogP contribution in [0.5, 0.6) is 5.88 Å². The number of amides is 1. The predicted octanol–water partition coefficient (Wildman–Crippen LogP) is 1.56. The number of aromatic nitrogens is 1. The Balaban J connectivity index is 2.59. The Hall–Kier alpha value is -1.52. The molecule has 0 aromatic carbocycles. The van der Waals surface area contributed by atoms with Crippen LogP contribution in [0, 0.1) is 0 Å². The van der Waals surface area contributed by atoms with Gasteiger partial charge in [-0.1, -0.05) is 13.3 Å². The molecule has 0 saturated heterocycles. The molecule has 0 radical (unpaired) electrons. The van der Waals surface area contributed by atoms with E-state index in [1.54, 1.807) is 11.9 Å². The largest absolute Gasteiger partial charge is 0.479 e. The molecule has 0 atom stereocenters. The van der Waals surface area contributed by atoms with Crippen molar-refractivity contribution >= 4 is 5.91 Å².